The molecule has 0 fully saturated rings. The molecule has 0 aliphatic carbocycles. The molecule has 0 aliphatic rings. The standard InChI is InChI=1S/C14H20ClNO2/c1-4-18-14(17)10(2)9-16-11(3)12-7-5-6-8-13(12)15/h5-8,10-11,16H,4,9H2,1-3H3. The first-order valence-corrected chi connectivity index (χ1v) is 6.58. The van der Waals surface area contributed by atoms with Crippen molar-refractivity contribution in [2.75, 3.05) is 13.2 Å². The van der Waals surface area contributed by atoms with Gasteiger partial charge in [-0.1, -0.05) is 36.7 Å². The summed E-state index contributed by atoms with van der Waals surface area (Å²) in [5, 5.41) is 4.03. The van der Waals surface area contributed by atoms with Crippen LogP contribution in [0.25, 0.3) is 0 Å². The first-order valence-electron chi connectivity index (χ1n) is 6.20. The fourth-order valence-corrected chi connectivity index (χ4v) is 1.96. The minimum Gasteiger partial charge on any atom is -0.466 e. The van der Waals surface area contributed by atoms with E-state index < -0.39 is 0 Å². The number of rotatable bonds is 6. The molecule has 0 spiro atoms. The molecule has 0 saturated carbocycles. The lowest BCUT2D eigenvalue weighted by atomic mass is 10.1. The van der Waals surface area contributed by atoms with Crippen LogP contribution in [-0.4, -0.2) is 19.1 Å². The maximum atomic E-state index is 11.5. The number of esters is 1. The lowest BCUT2D eigenvalue weighted by Crippen LogP contribution is -2.29. The van der Waals surface area contributed by atoms with Crippen LogP contribution in [0.3, 0.4) is 0 Å². The predicted octanol–water partition coefficient (Wildman–Crippen LogP) is 3.19. The largest absolute Gasteiger partial charge is 0.466 e. The summed E-state index contributed by atoms with van der Waals surface area (Å²) >= 11 is 6.12. The Morgan fingerprint density at radius 1 is 1.39 bits per heavy atom. The van der Waals surface area contributed by atoms with Crippen LogP contribution in [0.5, 0.6) is 0 Å². The van der Waals surface area contributed by atoms with Crippen LogP contribution in [0.4, 0.5) is 0 Å². The molecule has 1 N–H and O–H groups in total. The highest BCUT2D eigenvalue weighted by Crippen LogP contribution is 2.22. The van der Waals surface area contributed by atoms with E-state index in [-0.39, 0.29) is 17.9 Å². The smallest absolute Gasteiger partial charge is 0.309 e. The van der Waals surface area contributed by atoms with Gasteiger partial charge in [-0.05, 0) is 25.5 Å². The number of benzene rings is 1. The summed E-state index contributed by atoms with van der Waals surface area (Å²) in [6.45, 7) is 6.68. The van der Waals surface area contributed by atoms with E-state index in [1.54, 1.807) is 0 Å². The molecular formula is C14H20ClNO2. The van der Waals surface area contributed by atoms with Gasteiger partial charge in [0.15, 0.2) is 0 Å². The number of halogens is 1. The van der Waals surface area contributed by atoms with Gasteiger partial charge in [-0.2, -0.15) is 0 Å². The monoisotopic (exact) mass is 269 g/mol. The highest BCUT2D eigenvalue weighted by atomic mass is 35.5. The summed E-state index contributed by atoms with van der Waals surface area (Å²) in [5.41, 5.74) is 1.04. The Hall–Kier alpha value is -1.06. The van der Waals surface area contributed by atoms with E-state index in [4.69, 9.17) is 16.3 Å². The van der Waals surface area contributed by atoms with Crippen molar-refractivity contribution in [3.05, 3.63) is 34.9 Å². The number of carbonyl (C=O) groups is 1. The number of nitrogens with one attached hydrogen (secondary N) is 1. The Bertz CT molecular complexity index is 395. The summed E-state index contributed by atoms with van der Waals surface area (Å²) in [5.74, 6) is -0.328. The minimum absolute atomic E-state index is 0.107. The Kier molecular flexibility index (Phi) is 6.16. The van der Waals surface area contributed by atoms with Crippen molar-refractivity contribution in [2.24, 2.45) is 5.92 Å². The van der Waals surface area contributed by atoms with Gasteiger partial charge in [0.25, 0.3) is 0 Å². The second kappa shape index (κ2) is 7.39. The topological polar surface area (TPSA) is 38.3 Å². The highest BCUT2D eigenvalue weighted by molar-refractivity contribution is 6.31. The Morgan fingerprint density at radius 2 is 2.06 bits per heavy atom. The summed E-state index contributed by atoms with van der Waals surface area (Å²) in [6, 6.07) is 7.81. The minimum atomic E-state index is -0.170. The van der Waals surface area contributed by atoms with Crippen LogP contribution < -0.4 is 5.32 Å². The van der Waals surface area contributed by atoms with Gasteiger partial charge >= 0.3 is 5.97 Å². The van der Waals surface area contributed by atoms with Crippen molar-refractivity contribution in [3.8, 4) is 0 Å². The molecular weight excluding hydrogens is 250 g/mol. The zero-order valence-electron chi connectivity index (χ0n) is 11.1. The summed E-state index contributed by atoms with van der Waals surface area (Å²) in [4.78, 5) is 11.5. The molecule has 4 heteroatoms. The van der Waals surface area contributed by atoms with E-state index in [0.717, 1.165) is 10.6 Å². The number of carbonyl (C=O) groups excluding carboxylic acids is 1. The zero-order chi connectivity index (χ0) is 13.5. The maximum Gasteiger partial charge on any atom is 0.309 e. The molecule has 0 amide bonds. The second-order valence-corrected chi connectivity index (χ2v) is 4.71. The van der Waals surface area contributed by atoms with Crippen molar-refractivity contribution in [1.82, 2.24) is 5.32 Å². The molecule has 0 aromatic heterocycles. The maximum absolute atomic E-state index is 11.5. The molecule has 1 aromatic rings. The van der Waals surface area contributed by atoms with Crippen molar-refractivity contribution in [1.29, 1.82) is 0 Å². The lowest BCUT2D eigenvalue weighted by molar-refractivity contribution is -0.147. The number of hydrogen-bond acceptors (Lipinski definition) is 3. The third kappa shape index (κ3) is 4.31. The van der Waals surface area contributed by atoms with Crippen LogP contribution in [-0.2, 0) is 9.53 Å². The first kappa shape index (κ1) is 15.0. The SMILES string of the molecule is CCOC(=O)C(C)CNC(C)c1ccccc1Cl. The van der Waals surface area contributed by atoms with Crippen LogP contribution in [0.1, 0.15) is 32.4 Å². The lowest BCUT2D eigenvalue weighted by Gasteiger charge is -2.18. The van der Waals surface area contributed by atoms with E-state index in [9.17, 15) is 4.79 Å². The number of ether oxygens (including phenoxy) is 1. The quantitative estimate of drug-likeness (QED) is 0.806. The van der Waals surface area contributed by atoms with Crippen molar-refractivity contribution in [3.63, 3.8) is 0 Å². The van der Waals surface area contributed by atoms with Crippen LogP contribution in [0, 0.1) is 5.92 Å². The van der Waals surface area contributed by atoms with E-state index in [1.807, 2.05) is 45.0 Å². The van der Waals surface area contributed by atoms with E-state index in [2.05, 4.69) is 5.32 Å². The molecule has 18 heavy (non-hydrogen) atoms. The fraction of sp³-hybridized carbons (Fsp3) is 0.500. The van der Waals surface area contributed by atoms with Crippen molar-refractivity contribution in [2.45, 2.75) is 26.8 Å². The van der Waals surface area contributed by atoms with Gasteiger partial charge in [-0.25, -0.2) is 0 Å². The molecule has 0 bridgehead atoms. The normalized spacial score (nSPS) is 14.0. The van der Waals surface area contributed by atoms with Crippen LogP contribution in [0.15, 0.2) is 24.3 Å². The van der Waals surface area contributed by atoms with E-state index in [1.165, 1.54) is 0 Å². The first-order chi connectivity index (χ1) is 8.56. The zero-order valence-corrected chi connectivity index (χ0v) is 11.8. The molecule has 0 saturated heterocycles. The molecule has 1 aromatic carbocycles. The van der Waals surface area contributed by atoms with Gasteiger partial charge < -0.3 is 10.1 Å². The number of hydrogen-bond donors (Lipinski definition) is 1. The summed E-state index contributed by atoms with van der Waals surface area (Å²) in [7, 11) is 0. The third-order valence-electron chi connectivity index (χ3n) is 2.79. The fourth-order valence-electron chi connectivity index (χ4n) is 1.66. The summed E-state index contributed by atoms with van der Waals surface area (Å²) < 4.78 is 4.96. The van der Waals surface area contributed by atoms with Crippen molar-refractivity contribution >= 4 is 17.6 Å². The Labute approximate surface area is 113 Å². The van der Waals surface area contributed by atoms with Gasteiger partial charge in [-0.15, -0.1) is 0 Å². The van der Waals surface area contributed by atoms with E-state index >= 15 is 0 Å². The highest BCUT2D eigenvalue weighted by Gasteiger charge is 2.16. The molecule has 0 aliphatic heterocycles. The van der Waals surface area contributed by atoms with Gasteiger partial charge in [0.05, 0.1) is 12.5 Å². The van der Waals surface area contributed by atoms with Gasteiger partial charge in [0, 0.05) is 17.6 Å². The molecule has 2 atom stereocenters. The molecule has 0 heterocycles. The molecule has 100 valence electrons. The Balaban J connectivity index is 2.49. The van der Waals surface area contributed by atoms with Gasteiger partial charge in [0.1, 0.15) is 0 Å². The van der Waals surface area contributed by atoms with Crippen LogP contribution >= 0.6 is 11.6 Å². The van der Waals surface area contributed by atoms with Gasteiger partial charge in [0.2, 0.25) is 0 Å². The Morgan fingerprint density at radius 3 is 2.67 bits per heavy atom. The van der Waals surface area contributed by atoms with Crippen LogP contribution in [0.2, 0.25) is 5.02 Å². The molecule has 3 nitrogen and oxygen atoms in total. The van der Waals surface area contributed by atoms with E-state index in [0.29, 0.717) is 13.2 Å². The average molecular weight is 270 g/mol. The second-order valence-electron chi connectivity index (χ2n) is 4.30. The summed E-state index contributed by atoms with van der Waals surface area (Å²) in [6.07, 6.45) is 0. The molecule has 1 rings (SSSR count). The molecule has 0 radical (unpaired) electrons. The average Bonchev–Trinajstić information content (AvgIpc) is 2.36. The molecule has 2 unspecified atom stereocenters. The predicted molar refractivity (Wildman–Crippen MR) is 73.7 cm³/mol. The third-order valence-corrected chi connectivity index (χ3v) is 3.14. The van der Waals surface area contributed by atoms with Gasteiger partial charge in [-0.3, -0.25) is 4.79 Å². The van der Waals surface area contributed by atoms with Crippen molar-refractivity contribution < 1.29 is 9.53 Å².